The van der Waals surface area contributed by atoms with Crippen molar-refractivity contribution in [1.82, 2.24) is 14.2 Å². The van der Waals surface area contributed by atoms with Gasteiger partial charge in [0.15, 0.2) is 5.65 Å². The topological polar surface area (TPSA) is 48.5 Å². The highest BCUT2D eigenvalue weighted by molar-refractivity contribution is 5.35. The fraction of sp³-hybridized carbons (Fsp3) is 0.333. The van der Waals surface area contributed by atoms with E-state index in [1.807, 2.05) is 6.07 Å². The van der Waals surface area contributed by atoms with Gasteiger partial charge in [-0.3, -0.25) is 4.40 Å². The van der Waals surface area contributed by atoms with Gasteiger partial charge >= 0.3 is 5.69 Å². The summed E-state index contributed by atoms with van der Waals surface area (Å²) in [6, 6.07) is 5.45. The normalized spacial score (nSPS) is 10.9. The first-order valence-corrected chi connectivity index (χ1v) is 4.36. The average Bonchev–Trinajstić information content (AvgIpc) is 2.54. The molecule has 74 valence electrons. The van der Waals surface area contributed by atoms with Crippen LogP contribution in [0.4, 0.5) is 0 Å². The Bertz CT molecular complexity index is 486. The molecule has 0 unspecified atom stereocenters. The Kier molecular flexibility index (Phi) is 2.32. The molecule has 14 heavy (non-hydrogen) atoms. The number of pyridine rings is 1. The highest BCUT2D eigenvalue weighted by Crippen LogP contribution is 1.94. The first-order valence-electron chi connectivity index (χ1n) is 4.36. The van der Waals surface area contributed by atoms with Crippen LogP contribution in [0.5, 0.6) is 0 Å². The van der Waals surface area contributed by atoms with Crippen LogP contribution in [0.1, 0.15) is 0 Å². The number of hydrogen-bond donors (Lipinski definition) is 0. The summed E-state index contributed by atoms with van der Waals surface area (Å²) in [7, 11) is 1.60. The van der Waals surface area contributed by atoms with Gasteiger partial charge < -0.3 is 4.74 Å². The van der Waals surface area contributed by atoms with Crippen molar-refractivity contribution in [1.29, 1.82) is 0 Å². The molecule has 0 aliphatic heterocycles. The number of aromatic nitrogens is 3. The Morgan fingerprint density at radius 1 is 1.50 bits per heavy atom. The van der Waals surface area contributed by atoms with Crippen LogP contribution in [-0.4, -0.2) is 27.9 Å². The van der Waals surface area contributed by atoms with Gasteiger partial charge in [0.2, 0.25) is 0 Å². The minimum Gasteiger partial charge on any atom is -0.383 e. The molecule has 0 saturated carbocycles. The third-order valence-electron chi connectivity index (χ3n) is 2.00. The van der Waals surface area contributed by atoms with Gasteiger partial charge in [-0.15, -0.1) is 5.10 Å². The second-order valence-corrected chi connectivity index (χ2v) is 2.93. The molecule has 0 atom stereocenters. The van der Waals surface area contributed by atoms with Crippen LogP contribution in [0, 0.1) is 0 Å². The van der Waals surface area contributed by atoms with E-state index in [0.717, 1.165) is 0 Å². The SMILES string of the molecule is COCCn1nc2ccccn2c1=O. The van der Waals surface area contributed by atoms with Crippen molar-refractivity contribution >= 4 is 5.65 Å². The zero-order valence-electron chi connectivity index (χ0n) is 7.88. The summed E-state index contributed by atoms with van der Waals surface area (Å²) < 4.78 is 7.80. The first-order chi connectivity index (χ1) is 6.83. The van der Waals surface area contributed by atoms with Gasteiger partial charge in [-0.1, -0.05) is 6.07 Å². The largest absolute Gasteiger partial charge is 0.383 e. The molecule has 2 aromatic rings. The maximum atomic E-state index is 11.6. The maximum Gasteiger partial charge on any atom is 0.350 e. The van der Waals surface area contributed by atoms with E-state index < -0.39 is 0 Å². The number of ether oxygens (including phenoxy) is 1. The van der Waals surface area contributed by atoms with E-state index in [4.69, 9.17) is 4.74 Å². The van der Waals surface area contributed by atoms with Crippen LogP contribution in [0.2, 0.25) is 0 Å². The maximum absolute atomic E-state index is 11.6. The van der Waals surface area contributed by atoms with Gasteiger partial charge in [-0.25, -0.2) is 9.48 Å². The molecule has 0 saturated heterocycles. The molecule has 0 amide bonds. The van der Waals surface area contributed by atoms with Gasteiger partial charge in [0.1, 0.15) is 0 Å². The molecule has 0 radical (unpaired) electrons. The zero-order valence-corrected chi connectivity index (χ0v) is 7.88. The van der Waals surface area contributed by atoms with E-state index in [2.05, 4.69) is 5.10 Å². The van der Waals surface area contributed by atoms with Gasteiger partial charge in [-0.05, 0) is 12.1 Å². The number of rotatable bonds is 3. The lowest BCUT2D eigenvalue weighted by molar-refractivity contribution is 0.182. The van der Waals surface area contributed by atoms with Crippen molar-refractivity contribution in [3.05, 3.63) is 34.9 Å². The third kappa shape index (κ3) is 1.42. The minimum atomic E-state index is -0.127. The van der Waals surface area contributed by atoms with Crippen LogP contribution >= 0.6 is 0 Å². The van der Waals surface area contributed by atoms with Gasteiger partial charge in [0.05, 0.1) is 13.2 Å². The number of methoxy groups -OCH3 is 1. The fourth-order valence-electron chi connectivity index (χ4n) is 1.29. The molecular weight excluding hydrogens is 182 g/mol. The lowest BCUT2D eigenvalue weighted by atomic mass is 10.5. The van der Waals surface area contributed by atoms with Crippen molar-refractivity contribution in [2.75, 3.05) is 13.7 Å². The van der Waals surface area contributed by atoms with Crippen LogP contribution < -0.4 is 5.69 Å². The molecule has 5 heteroatoms. The van der Waals surface area contributed by atoms with Crippen molar-refractivity contribution in [3.63, 3.8) is 0 Å². The summed E-state index contributed by atoms with van der Waals surface area (Å²) in [6.45, 7) is 0.973. The Hall–Kier alpha value is -1.62. The lowest BCUT2D eigenvalue weighted by Crippen LogP contribution is -2.22. The van der Waals surface area contributed by atoms with Crippen molar-refractivity contribution in [2.45, 2.75) is 6.54 Å². The lowest BCUT2D eigenvalue weighted by Gasteiger charge is -1.95. The van der Waals surface area contributed by atoms with E-state index in [-0.39, 0.29) is 5.69 Å². The molecule has 2 heterocycles. The summed E-state index contributed by atoms with van der Waals surface area (Å²) in [5.74, 6) is 0. The molecule has 5 nitrogen and oxygen atoms in total. The number of nitrogens with zero attached hydrogens (tertiary/aromatic N) is 3. The van der Waals surface area contributed by atoms with Crippen molar-refractivity contribution < 1.29 is 4.74 Å². The van der Waals surface area contributed by atoms with Gasteiger partial charge in [-0.2, -0.15) is 0 Å². The molecule has 0 bridgehead atoms. The Balaban J connectivity index is 2.47. The van der Waals surface area contributed by atoms with E-state index >= 15 is 0 Å². The molecule has 0 fully saturated rings. The number of fused-ring (bicyclic) bond motifs is 1. The predicted molar refractivity (Wildman–Crippen MR) is 51.3 cm³/mol. The highest BCUT2D eigenvalue weighted by atomic mass is 16.5. The van der Waals surface area contributed by atoms with Crippen LogP contribution in [0.3, 0.4) is 0 Å². The van der Waals surface area contributed by atoms with Gasteiger partial charge in [0, 0.05) is 13.3 Å². The summed E-state index contributed by atoms with van der Waals surface area (Å²) in [6.07, 6.45) is 1.70. The van der Waals surface area contributed by atoms with Crippen LogP contribution in [-0.2, 0) is 11.3 Å². The predicted octanol–water partition coefficient (Wildman–Crippen LogP) is 0.142. The molecule has 0 aromatic carbocycles. The fourth-order valence-corrected chi connectivity index (χ4v) is 1.29. The quantitative estimate of drug-likeness (QED) is 0.696. The molecule has 0 aliphatic carbocycles. The summed E-state index contributed by atoms with van der Waals surface area (Å²) in [4.78, 5) is 11.6. The number of hydrogen-bond acceptors (Lipinski definition) is 3. The van der Waals surface area contributed by atoms with Crippen molar-refractivity contribution in [2.24, 2.45) is 0 Å². The Morgan fingerprint density at radius 3 is 3.07 bits per heavy atom. The molecule has 0 N–H and O–H groups in total. The van der Waals surface area contributed by atoms with Crippen LogP contribution in [0.15, 0.2) is 29.2 Å². The summed E-state index contributed by atoms with van der Waals surface area (Å²) in [5.41, 5.74) is 0.534. The summed E-state index contributed by atoms with van der Waals surface area (Å²) in [5, 5.41) is 4.14. The van der Waals surface area contributed by atoms with Crippen molar-refractivity contribution in [3.8, 4) is 0 Å². The van der Waals surface area contributed by atoms with Crippen LogP contribution in [0.25, 0.3) is 5.65 Å². The van der Waals surface area contributed by atoms with E-state index in [1.54, 1.807) is 25.4 Å². The second kappa shape index (κ2) is 3.63. The average molecular weight is 193 g/mol. The zero-order chi connectivity index (χ0) is 9.97. The molecular formula is C9H11N3O2. The van der Waals surface area contributed by atoms with Gasteiger partial charge in [0.25, 0.3) is 0 Å². The molecule has 0 spiro atoms. The molecule has 2 aromatic heterocycles. The monoisotopic (exact) mass is 193 g/mol. The Labute approximate surface area is 80.5 Å². The molecule has 2 rings (SSSR count). The Morgan fingerprint density at radius 2 is 2.36 bits per heavy atom. The second-order valence-electron chi connectivity index (χ2n) is 2.93. The minimum absolute atomic E-state index is 0.127. The van der Waals surface area contributed by atoms with E-state index in [0.29, 0.717) is 18.8 Å². The van der Waals surface area contributed by atoms with E-state index in [1.165, 1.54) is 9.08 Å². The highest BCUT2D eigenvalue weighted by Gasteiger charge is 2.04. The first kappa shape index (κ1) is 8.96. The molecule has 0 aliphatic rings. The third-order valence-corrected chi connectivity index (χ3v) is 2.00. The standard InChI is InChI=1S/C9H11N3O2/c1-14-7-6-12-9(13)11-5-3-2-4-8(11)10-12/h2-5H,6-7H2,1H3. The smallest absolute Gasteiger partial charge is 0.350 e. The summed E-state index contributed by atoms with van der Waals surface area (Å²) >= 11 is 0. The van der Waals surface area contributed by atoms with E-state index in [9.17, 15) is 4.79 Å².